The van der Waals surface area contributed by atoms with Crippen LogP contribution in [0.15, 0.2) is 212 Å². The van der Waals surface area contributed by atoms with Gasteiger partial charge in [0.05, 0.1) is 59.7 Å². The highest BCUT2D eigenvalue weighted by molar-refractivity contribution is 6.23. The molecular formula is C120H152O19. The first-order valence-corrected chi connectivity index (χ1v) is 46.6. The molecule has 10 aromatic rings. The SMILES string of the molecule is CC(C)(C)c1cc(C(=Cc2ccccc2)C(=O)O)cc(C(C)(C)C)c1O.CC(C)(C)c1cc(C(=Cc2ccccc2)C(=O)O)cc(C(C)(C)C)c1O.CC(C)(C)c1cc(C(=Cc2ccccc2)C(=O)O)cc(C(C)(C)C)c1O.CC(C)(C)c1cc(C(=Cc2ccccc2)C(=O)O)cc(C(C)(C)C)c1O.CC(C)(C)c1cc(C(=Cc2ccccc2)C(=O)O)cc(C(C)(C)C)c1O.OCC(CO)(CO)CO. The van der Waals surface area contributed by atoms with Gasteiger partial charge in [-0.15, -0.1) is 0 Å². The minimum atomic E-state index is -1.11. The molecule has 14 N–H and O–H groups in total. The van der Waals surface area contributed by atoms with Crippen LogP contribution in [-0.2, 0) is 78.1 Å². The number of aliphatic carboxylic acids is 5. The monoisotopic (exact) mass is 1900 g/mol. The van der Waals surface area contributed by atoms with Gasteiger partial charge in [0.1, 0.15) is 28.7 Å². The summed E-state index contributed by atoms with van der Waals surface area (Å²) in [4.78, 5) is 59.9. The molecule has 0 aromatic heterocycles. The number of phenols is 5. The van der Waals surface area contributed by atoms with Crippen LogP contribution < -0.4 is 0 Å². The molecule has 19 nitrogen and oxygen atoms in total. The molecule has 0 heterocycles. The third kappa shape index (κ3) is 33.2. The number of carboxylic acid groups (broad SMARTS) is 5. The van der Waals surface area contributed by atoms with Crippen LogP contribution in [0, 0.1) is 5.41 Å². The van der Waals surface area contributed by atoms with E-state index in [1.54, 1.807) is 91.0 Å². The van der Waals surface area contributed by atoms with E-state index in [0.29, 0.717) is 27.8 Å². The van der Waals surface area contributed by atoms with E-state index in [4.69, 9.17) is 20.4 Å². The Kier molecular flexibility index (Phi) is 39.6. The van der Waals surface area contributed by atoms with E-state index in [-0.39, 0.29) is 111 Å². The average Bonchev–Trinajstić information content (AvgIpc) is 0.789. The number of aliphatic hydroxyl groups is 4. The van der Waals surface area contributed by atoms with Crippen molar-refractivity contribution in [1.29, 1.82) is 0 Å². The number of carboxylic acids is 5. The first kappa shape index (κ1) is 117. The van der Waals surface area contributed by atoms with Crippen molar-refractivity contribution >= 4 is 88.1 Å². The fourth-order valence-electron chi connectivity index (χ4n) is 14.9. The molecule has 0 aliphatic carbocycles. The van der Waals surface area contributed by atoms with Gasteiger partial charge < -0.3 is 71.5 Å². The molecule has 0 bridgehead atoms. The molecule has 0 unspecified atom stereocenters. The fourth-order valence-corrected chi connectivity index (χ4v) is 14.9. The first-order chi connectivity index (χ1) is 63.8. The zero-order valence-electron chi connectivity index (χ0n) is 87.2. The molecular weight excluding hydrogens is 1750 g/mol. The first-order valence-electron chi connectivity index (χ1n) is 46.6. The molecule has 19 heteroatoms. The second kappa shape index (κ2) is 47.2. The molecule has 0 saturated carbocycles. The van der Waals surface area contributed by atoms with Crippen molar-refractivity contribution in [3.05, 3.63) is 324 Å². The topological polar surface area (TPSA) is 369 Å². The molecule has 0 radical (unpaired) electrons. The third-order valence-corrected chi connectivity index (χ3v) is 23.2. The quantitative estimate of drug-likeness (QED) is 0.0264. The van der Waals surface area contributed by atoms with Crippen molar-refractivity contribution in [2.45, 2.75) is 262 Å². The Morgan fingerprint density at radius 3 is 0.367 bits per heavy atom. The van der Waals surface area contributed by atoms with Gasteiger partial charge in [-0.2, -0.15) is 0 Å². The summed E-state index contributed by atoms with van der Waals surface area (Å²) in [5.74, 6) is -3.69. The summed E-state index contributed by atoms with van der Waals surface area (Å²) in [5, 5.41) is 137. The third-order valence-electron chi connectivity index (χ3n) is 23.2. The van der Waals surface area contributed by atoms with Gasteiger partial charge in [0.25, 0.3) is 0 Å². The van der Waals surface area contributed by atoms with Gasteiger partial charge in [-0.05, 0) is 201 Å². The van der Waals surface area contributed by atoms with Crippen LogP contribution in [0.25, 0.3) is 58.2 Å². The zero-order valence-corrected chi connectivity index (χ0v) is 87.2. The van der Waals surface area contributed by atoms with E-state index >= 15 is 0 Å². The van der Waals surface area contributed by atoms with Crippen molar-refractivity contribution in [2.75, 3.05) is 26.4 Å². The maximum Gasteiger partial charge on any atom is 0.336 e. The number of benzene rings is 10. The van der Waals surface area contributed by atoms with Crippen LogP contribution in [0.3, 0.4) is 0 Å². The number of hydrogen-bond donors (Lipinski definition) is 14. The summed E-state index contributed by atoms with van der Waals surface area (Å²) in [7, 11) is 0. The summed E-state index contributed by atoms with van der Waals surface area (Å²) in [6, 6.07) is 65.0. The lowest BCUT2D eigenvalue weighted by molar-refractivity contribution is -0.131. The Labute approximate surface area is 824 Å². The Balaban J connectivity index is 0.000000299. The Morgan fingerprint density at radius 1 is 0.194 bits per heavy atom. The molecule has 10 aromatic carbocycles. The van der Waals surface area contributed by atoms with Crippen molar-refractivity contribution in [3.63, 3.8) is 0 Å². The number of aromatic hydroxyl groups is 5. The Hall–Kier alpha value is -12.9. The predicted molar refractivity (Wildman–Crippen MR) is 568 cm³/mol. The van der Waals surface area contributed by atoms with Crippen LogP contribution in [0.5, 0.6) is 28.7 Å². The molecule has 0 amide bonds. The molecule has 0 aliphatic rings. The number of hydrogen-bond acceptors (Lipinski definition) is 14. The molecule has 0 aliphatic heterocycles. The summed E-state index contributed by atoms with van der Waals surface area (Å²) in [5.41, 5.74) is 11.5. The lowest BCUT2D eigenvalue weighted by Crippen LogP contribution is -2.37. The Morgan fingerprint density at radius 2 is 0.295 bits per heavy atom. The minimum Gasteiger partial charge on any atom is -0.507 e. The largest absolute Gasteiger partial charge is 0.507 e. The number of aliphatic hydroxyl groups excluding tert-OH is 4. The van der Waals surface area contributed by atoms with Gasteiger partial charge in [-0.3, -0.25) is 0 Å². The van der Waals surface area contributed by atoms with Gasteiger partial charge in [-0.1, -0.05) is 359 Å². The van der Waals surface area contributed by atoms with Gasteiger partial charge in [0.15, 0.2) is 0 Å². The summed E-state index contributed by atoms with van der Waals surface area (Å²) in [6.45, 7) is 58.8. The molecule has 0 fully saturated rings. The Bertz CT molecular complexity index is 5020. The van der Waals surface area contributed by atoms with Crippen LogP contribution >= 0.6 is 0 Å². The molecule has 10 rings (SSSR count). The lowest BCUT2D eigenvalue weighted by atomic mass is 9.77. The van der Waals surface area contributed by atoms with Crippen LogP contribution in [0.4, 0.5) is 0 Å². The highest BCUT2D eigenvalue weighted by Crippen LogP contribution is 2.48. The van der Waals surface area contributed by atoms with Gasteiger partial charge in [0, 0.05) is 55.6 Å². The summed E-state index contributed by atoms with van der Waals surface area (Å²) in [6.07, 6.45) is 8.37. The van der Waals surface area contributed by atoms with E-state index in [1.807, 2.05) is 359 Å². The van der Waals surface area contributed by atoms with Crippen LogP contribution in [0.2, 0.25) is 0 Å². The fraction of sp³-hybridized carbons (Fsp3) is 0.375. The van der Waals surface area contributed by atoms with Gasteiger partial charge in [0.2, 0.25) is 0 Å². The molecule has 139 heavy (non-hydrogen) atoms. The highest BCUT2D eigenvalue weighted by Gasteiger charge is 2.36. The van der Waals surface area contributed by atoms with Crippen molar-refractivity contribution < 1.29 is 95.5 Å². The van der Waals surface area contributed by atoms with Crippen molar-refractivity contribution in [1.82, 2.24) is 0 Å². The normalized spacial score (nSPS) is 12.9. The second-order valence-corrected chi connectivity index (χ2v) is 45.6. The van der Waals surface area contributed by atoms with Gasteiger partial charge >= 0.3 is 29.8 Å². The van der Waals surface area contributed by atoms with Crippen molar-refractivity contribution in [2.24, 2.45) is 5.41 Å². The average molecular weight is 1900 g/mol. The molecule has 0 saturated heterocycles. The minimum absolute atomic E-state index is 0.215. The van der Waals surface area contributed by atoms with E-state index in [9.17, 15) is 75.0 Å². The maximum absolute atomic E-state index is 12.0. The lowest BCUT2D eigenvalue weighted by Gasteiger charge is -2.28. The highest BCUT2D eigenvalue weighted by atomic mass is 16.4. The summed E-state index contributed by atoms with van der Waals surface area (Å²) < 4.78 is 0. The number of phenolic OH excluding ortho intramolecular Hbond substituents is 5. The van der Waals surface area contributed by atoms with E-state index in [0.717, 1.165) is 83.5 Å². The van der Waals surface area contributed by atoms with Gasteiger partial charge in [-0.25, -0.2) is 24.0 Å². The van der Waals surface area contributed by atoms with Crippen LogP contribution in [-0.4, -0.2) is 128 Å². The van der Waals surface area contributed by atoms with E-state index < -0.39 is 61.7 Å². The second-order valence-electron chi connectivity index (χ2n) is 45.6. The maximum atomic E-state index is 12.0. The number of rotatable bonds is 19. The number of carbonyl (C=O) groups is 5. The predicted octanol–water partition coefficient (Wildman–Crippen LogP) is 26.0. The van der Waals surface area contributed by atoms with E-state index in [2.05, 4.69) is 0 Å². The van der Waals surface area contributed by atoms with E-state index in [1.165, 1.54) is 0 Å². The van der Waals surface area contributed by atoms with Crippen molar-refractivity contribution in [3.8, 4) is 28.7 Å². The van der Waals surface area contributed by atoms with Crippen LogP contribution in [0.1, 0.15) is 319 Å². The molecule has 0 atom stereocenters. The zero-order chi connectivity index (χ0) is 106. The summed E-state index contributed by atoms with van der Waals surface area (Å²) >= 11 is 0. The smallest absolute Gasteiger partial charge is 0.336 e. The molecule has 0 spiro atoms. The standard InChI is InChI=1S/5C23H28O3.C5H12O4/c5*1-22(2,3)18-13-16(14-19(20(18)24)23(4,5)6)17(21(25)26)12-15-10-8-7-9-11-15;6-1-5(2-7,3-8)4-9/h5*7-14,24H,1-6H3,(H,25,26);6-9H,1-4H2. The molecule has 746 valence electrons.